The van der Waals surface area contributed by atoms with Gasteiger partial charge in [0.05, 0.1) is 19.8 Å². The Bertz CT molecular complexity index is 355. The number of hydrogen-bond donors (Lipinski definition) is 2. The van der Waals surface area contributed by atoms with E-state index in [1.54, 1.807) is 7.11 Å². The van der Waals surface area contributed by atoms with Gasteiger partial charge >= 0.3 is 12.2 Å². The van der Waals surface area contributed by atoms with Crippen molar-refractivity contribution < 1.29 is 28.5 Å². The van der Waals surface area contributed by atoms with Crippen molar-refractivity contribution >= 4 is 12.2 Å². The first-order valence-corrected chi connectivity index (χ1v) is 8.47. The number of carbonyl (C=O) groups excluding carboxylic acids is 2. The molecule has 9 heteroatoms. The lowest BCUT2D eigenvalue weighted by atomic mass is 10.2. The van der Waals surface area contributed by atoms with Crippen molar-refractivity contribution in [2.75, 3.05) is 61.3 Å². The molecule has 1 unspecified atom stereocenters. The zero-order chi connectivity index (χ0) is 18.9. The summed E-state index contributed by atoms with van der Waals surface area (Å²) in [5, 5.41) is 5.28. The summed E-state index contributed by atoms with van der Waals surface area (Å²) in [6.07, 6.45) is 2.69. The maximum Gasteiger partial charge on any atom is 0.409 e. The lowest BCUT2D eigenvalue weighted by molar-refractivity contribution is -0.0628. The first-order valence-electron chi connectivity index (χ1n) is 8.47. The van der Waals surface area contributed by atoms with Crippen molar-refractivity contribution in [1.29, 1.82) is 0 Å². The molecule has 0 fully saturated rings. The topological polar surface area (TPSA) is 98.4 Å². The molecule has 0 aromatic heterocycles. The summed E-state index contributed by atoms with van der Waals surface area (Å²) in [4.78, 5) is 24.3. The van der Waals surface area contributed by atoms with Crippen molar-refractivity contribution in [3.63, 3.8) is 0 Å². The van der Waals surface area contributed by atoms with Crippen molar-refractivity contribution in [2.24, 2.45) is 0 Å². The van der Waals surface area contributed by atoms with Crippen molar-refractivity contribution in [3.8, 4) is 0 Å². The third kappa shape index (κ3) is 15.7. The van der Waals surface area contributed by atoms with E-state index >= 15 is 0 Å². The Morgan fingerprint density at radius 1 is 0.960 bits per heavy atom. The van der Waals surface area contributed by atoms with Gasteiger partial charge < -0.3 is 34.5 Å². The van der Waals surface area contributed by atoms with E-state index in [4.69, 9.17) is 14.2 Å². The Morgan fingerprint density at radius 3 is 2.08 bits per heavy atom. The van der Waals surface area contributed by atoms with Crippen LogP contribution in [0.25, 0.3) is 0 Å². The summed E-state index contributed by atoms with van der Waals surface area (Å²) in [5.41, 5.74) is 0. The summed E-state index contributed by atoms with van der Waals surface area (Å²) in [6.45, 7) is 2.14. The predicted octanol–water partition coefficient (Wildman–Crippen LogP) is 1.18. The van der Waals surface area contributed by atoms with Gasteiger partial charge in [-0.05, 0) is 26.9 Å². The molecule has 0 aliphatic rings. The van der Waals surface area contributed by atoms with E-state index in [2.05, 4.69) is 15.4 Å². The number of nitrogens with one attached hydrogen (secondary N) is 2. The predicted molar refractivity (Wildman–Crippen MR) is 93.5 cm³/mol. The van der Waals surface area contributed by atoms with Gasteiger partial charge in [-0.3, -0.25) is 0 Å². The van der Waals surface area contributed by atoms with Gasteiger partial charge in [-0.1, -0.05) is 12.8 Å². The summed E-state index contributed by atoms with van der Waals surface area (Å²) in [5.74, 6) is 0. The third-order valence-corrected chi connectivity index (χ3v) is 3.31. The summed E-state index contributed by atoms with van der Waals surface area (Å²) in [7, 11) is 6.86. The number of unbranched alkanes of at least 4 members (excludes halogenated alkanes) is 3. The molecule has 0 aromatic rings. The van der Waals surface area contributed by atoms with Crippen LogP contribution in [0.5, 0.6) is 0 Å². The lowest BCUT2D eigenvalue weighted by Crippen LogP contribution is -2.32. The van der Waals surface area contributed by atoms with Crippen LogP contribution in [0.3, 0.4) is 0 Å². The van der Waals surface area contributed by atoms with E-state index in [1.807, 2.05) is 19.0 Å². The van der Waals surface area contributed by atoms with E-state index in [1.165, 1.54) is 7.11 Å². The highest BCUT2D eigenvalue weighted by atomic mass is 16.7. The number of amides is 2. The molecular formula is C16H33N3O6. The number of hydrogen-bond acceptors (Lipinski definition) is 7. The number of methoxy groups -OCH3 is 2. The van der Waals surface area contributed by atoms with E-state index in [9.17, 15) is 9.59 Å². The third-order valence-electron chi connectivity index (χ3n) is 3.31. The number of ether oxygens (including phenoxy) is 4. The minimum Gasteiger partial charge on any atom is -0.453 e. The van der Waals surface area contributed by atoms with Crippen LogP contribution < -0.4 is 10.6 Å². The number of alkyl carbamates (subject to hydrolysis) is 2. The molecule has 0 saturated heterocycles. The van der Waals surface area contributed by atoms with Crippen molar-refractivity contribution in [2.45, 2.75) is 31.8 Å². The van der Waals surface area contributed by atoms with Crippen LogP contribution in [0.2, 0.25) is 0 Å². The van der Waals surface area contributed by atoms with Gasteiger partial charge in [0.2, 0.25) is 0 Å². The molecule has 148 valence electrons. The SMILES string of the molecule is COC(=O)NCCCCCCNC(=O)OCOCC(CN(C)C)OC. The van der Waals surface area contributed by atoms with E-state index < -0.39 is 12.2 Å². The van der Waals surface area contributed by atoms with Gasteiger partial charge in [0.1, 0.15) is 0 Å². The quantitative estimate of drug-likeness (QED) is 0.353. The smallest absolute Gasteiger partial charge is 0.409 e. The van der Waals surface area contributed by atoms with Crippen LogP contribution in [0.4, 0.5) is 9.59 Å². The first-order chi connectivity index (χ1) is 12.0. The molecule has 0 aliphatic carbocycles. The van der Waals surface area contributed by atoms with Gasteiger partial charge in [0.25, 0.3) is 0 Å². The Balaban J connectivity index is 3.43. The van der Waals surface area contributed by atoms with Crippen LogP contribution in [0, 0.1) is 0 Å². The summed E-state index contributed by atoms with van der Waals surface area (Å²) in [6, 6.07) is 0. The molecular weight excluding hydrogens is 330 g/mol. The highest BCUT2D eigenvalue weighted by Gasteiger charge is 2.09. The highest BCUT2D eigenvalue weighted by molar-refractivity contribution is 5.67. The van der Waals surface area contributed by atoms with Gasteiger partial charge in [-0.2, -0.15) is 0 Å². The van der Waals surface area contributed by atoms with Crippen molar-refractivity contribution in [1.82, 2.24) is 15.5 Å². The molecule has 0 bridgehead atoms. The van der Waals surface area contributed by atoms with Gasteiger partial charge in [-0.25, -0.2) is 9.59 Å². The second-order valence-corrected chi connectivity index (χ2v) is 5.80. The van der Waals surface area contributed by atoms with Gasteiger partial charge in [0.15, 0.2) is 6.79 Å². The van der Waals surface area contributed by atoms with Crippen LogP contribution in [0.1, 0.15) is 25.7 Å². The standard InChI is InChI=1S/C16H33N3O6/c1-19(2)11-14(22-3)12-24-13-25-16(21)18-10-8-6-5-7-9-17-15(20)23-4/h14H,5-13H2,1-4H3,(H,17,20)(H,18,21). The summed E-state index contributed by atoms with van der Waals surface area (Å²) >= 11 is 0. The Hall–Kier alpha value is -1.58. The minimum atomic E-state index is -0.492. The van der Waals surface area contributed by atoms with Gasteiger partial charge in [-0.15, -0.1) is 0 Å². The second-order valence-electron chi connectivity index (χ2n) is 5.80. The molecule has 0 radical (unpaired) electrons. The highest BCUT2D eigenvalue weighted by Crippen LogP contribution is 1.98. The average molecular weight is 363 g/mol. The molecule has 0 aromatic carbocycles. The van der Waals surface area contributed by atoms with Crippen LogP contribution >= 0.6 is 0 Å². The average Bonchev–Trinajstić information content (AvgIpc) is 2.59. The monoisotopic (exact) mass is 363 g/mol. The molecule has 0 heterocycles. The molecule has 2 amide bonds. The number of rotatable bonds is 14. The van der Waals surface area contributed by atoms with Gasteiger partial charge in [0, 0.05) is 26.7 Å². The Kier molecular flexibility index (Phi) is 14.9. The zero-order valence-corrected chi connectivity index (χ0v) is 15.8. The summed E-state index contributed by atoms with van der Waals surface area (Å²) < 4.78 is 19.9. The minimum absolute atomic E-state index is 0.0599. The Labute approximate surface area is 150 Å². The molecule has 0 rings (SSSR count). The molecule has 1 atom stereocenters. The first kappa shape index (κ1) is 23.4. The van der Waals surface area contributed by atoms with Crippen LogP contribution in [0.15, 0.2) is 0 Å². The fraction of sp³-hybridized carbons (Fsp3) is 0.875. The second kappa shape index (κ2) is 15.9. The number of carbonyl (C=O) groups is 2. The Morgan fingerprint density at radius 2 is 1.56 bits per heavy atom. The lowest BCUT2D eigenvalue weighted by Gasteiger charge is -2.19. The number of likely N-dealkylation sites (N-methyl/N-ethyl adjacent to an activating group) is 1. The largest absolute Gasteiger partial charge is 0.453 e. The molecule has 25 heavy (non-hydrogen) atoms. The van der Waals surface area contributed by atoms with E-state index in [0.717, 1.165) is 32.2 Å². The van der Waals surface area contributed by atoms with E-state index in [-0.39, 0.29) is 12.9 Å². The van der Waals surface area contributed by atoms with Crippen LogP contribution in [-0.4, -0.2) is 84.5 Å². The fourth-order valence-electron chi connectivity index (χ4n) is 1.98. The normalized spacial score (nSPS) is 11.9. The molecule has 0 spiro atoms. The van der Waals surface area contributed by atoms with Crippen LogP contribution in [-0.2, 0) is 18.9 Å². The molecule has 2 N–H and O–H groups in total. The maximum absolute atomic E-state index is 11.5. The van der Waals surface area contributed by atoms with Crippen molar-refractivity contribution in [3.05, 3.63) is 0 Å². The zero-order valence-electron chi connectivity index (χ0n) is 15.8. The number of nitrogens with zero attached hydrogens (tertiary/aromatic N) is 1. The fourth-order valence-corrected chi connectivity index (χ4v) is 1.98. The molecule has 0 aliphatic heterocycles. The molecule has 9 nitrogen and oxygen atoms in total. The maximum atomic E-state index is 11.5. The van der Waals surface area contributed by atoms with E-state index in [0.29, 0.717) is 19.7 Å². The molecule has 0 saturated carbocycles.